The van der Waals surface area contributed by atoms with Crippen LogP contribution in [-0.4, -0.2) is 41.0 Å². The molecule has 3 rings (SSSR count). The van der Waals surface area contributed by atoms with Gasteiger partial charge in [-0.3, -0.25) is 9.59 Å². The molecule has 3 aromatic carbocycles. The summed E-state index contributed by atoms with van der Waals surface area (Å²) in [6.45, 7) is 13.8. The van der Waals surface area contributed by atoms with Crippen LogP contribution >= 0.6 is 0 Å². The predicted octanol–water partition coefficient (Wildman–Crippen LogP) is 7.70. The number of unbranched alkanes of at least 4 members (excludes halogenated alkanes) is 2. The highest BCUT2D eigenvalue weighted by molar-refractivity contribution is 6.00. The number of amides is 3. The number of hydrogen-bond acceptors (Lipinski definition) is 4. The Morgan fingerprint density at radius 3 is 2.02 bits per heavy atom. The molecule has 0 aliphatic heterocycles. The molecule has 44 heavy (non-hydrogen) atoms. The molecule has 0 fully saturated rings. The lowest BCUT2D eigenvalue weighted by Crippen LogP contribution is -2.53. The van der Waals surface area contributed by atoms with Crippen molar-refractivity contribution in [1.29, 1.82) is 0 Å². The van der Waals surface area contributed by atoms with E-state index < -0.39 is 23.8 Å². The molecule has 3 amide bonds. The number of nitrogens with one attached hydrogen (secondary N) is 2. The number of aryl methyl sites for hydroxylation is 3. The number of ether oxygens (including phenoxy) is 1. The van der Waals surface area contributed by atoms with Gasteiger partial charge in [0.25, 0.3) is 5.91 Å². The standard InChI is InChI=1S/C37H49N3O4/c1-8-10-14-24-40(35(42)31(25-29-18-12-11-13-19-29)38-36(43)44-37(5,6)7)33(30-22-20-28(9-2)21-23-30)34(41)39-32-26(3)16-15-17-27(32)4/h11-13,15-23,31,33H,8-10,14,24-25H2,1-7H3,(H,38,43)(H,39,41). The van der Waals surface area contributed by atoms with Gasteiger partial charge in [0, 0.05) is 18.7 Å². The van der Waals surface area contributed by atoms with Crippen LogP contribution in [0.2, 0.25) is 0 Å². The van der Waals surface area contributed by atoms with Crippen molar-refractivity contribution in [1.82, 2.24) is 10.2 Å². The molecule has 3 aromatic rings. The molecular formula is C37H49N3O4. The molecule has 0 aliphatic carbocycles. The van der Waals surface area contributed by atoms with Gasteiger partial charge in [-0.15, -0.1) is 0 Å². The molecule has 0 bridgehead atoms. The van der Waals surface area contributed by atoms with E-state index in [1.165, 1.54) is 0 Å². The number of benzene rings is 3. The van der Waals surface area contributed by atoms with Crippen molar-refractivity contribution < 1.29 is 19.1 Å². The second-order valence-electron chi connectivity index (χ2n) is 12.4. The van der Waals surface area contributed by atoms with Crippen LogP contribution < -0.4 is 10.6 Å². The lowest BCUT2D eigenvalue weighted by molar-refractivity contribution is -0.140. The van der Waals surface area contributed by atoms with Gasteiger partial charge >= 0.3 is 6.09 Å². The summed E-state index contributed by atoms with van der Waals surface area (Å²) in [5.41, 5.74) is 4.62. The van der Waals surface area contributed by atoms with Gasteiger partial charge < -0.3 is 20.3 Å². The molecule has 7 nitrogen and oxygen atoms in total. The van der Waals surface area contributed by atoms with Gasteiger partial charge in [-0.05, 0) is 75.3 Å². The monoisotopic (exact) mass is 599 g/mol. The Morgan fingerprint density at radius 1 is 0.818 bits per heavy atom. The molecule has 0 aliphatic rings. The summed E-state index contributed by atoms with van der Waals surface area (Å²) in [6.07, 6.45) is 3.00. The fourth-order valence-corrected chi connectivity index (χ4v) is 5.21. The number of carbonyl (C=O) groups is 3. The van der Waals surface area contributed by atoms with E-state index in [1.807, 2.05) is 86.6 Å². The Balaban J connectivity index is 2.10. The van der Waals surface area contributed by atoms with E-state index in [2.05, 4.69) is 24.5 Å². The topological polar surface area (TPSA) is 87.7 Å². The first-order valence-electron chi connectivity index (χ1n) is 15.7. The Morgan fingerprint density at radius 2 is 1.45 bits per heavy atom. The van der Waals surface area contributed by atoms with E-state index in [-0.39, 0.29) is 18.2 Å². The summed E-state index contributed by atoms with van der Waals surface area (Å²) in [5, 5.41) is 5.99. The van der Waals surface area contributed by atoms with Gasteiger partial charge in [0.2, 0.25) is 5.91 Å². The molecule has 2 atom stereocenters. The minimum absolute atomic E-state index is 0.253. The SMILES string of the molecule is CCCCCN(C(=O)C(Cc1ccccc1)NC(=O)OC(C)(C)C)C(C(=O)Nc1c(C)cccc1C)c1ccc(CC)cc1. The van der Waals surface area contributed by atoms with Crippen LogP contribution in [-0.2, 0) is 27.2 Å². The minimum Gasteiger partial charge on any atom is -0.444 e. The number of alkyl carbamates (subject to hydrolysis) is 1. The smallest absolute Gasteiger partial charge is 0.408 e. The molecule has 0 saturated heterocycles. The van der Waals surface area contributed by atoms with Crippen LogP contribution in [0.3, 0.4) is 0 Å². The van der Waals surface area contributed by atoms with Gasteiger partial charge in [-0.1, -0.05) is 99.5 Å². The molecular weight excluding hydrogens is 550 g/mol. The third-order valence-corrected chi connectivity index (χ3v) is 7.55. The highest BCUT2D eigenvalue weighted by Crippen LogP contribution is 2.28. The van der Waals surface area contributed by atoms with Gasteiger partial charge in [0.1, 0.15) is 17.7 Å². The molecule has 2 N–H and O–H groups in total. The average Bonchev–Trinajstić information content (AvgIpc) is 2.98. The molecule has 7 heteroatoms. The highest BCUT2D eigenvalue weighted by atomic mass is 16.6. The van der Waals surface area contributed by atoms with Crippen molar-refractivity contribution in [2.75, 3.05) is 11.9 Å². The fourth-order valence-electron chi connectivity index (χ4n) is 5.21. The van der Waals surface area contributed by atoms with E-state index in [0.29, 0.717) is 18.5 Å². The molecule has 0 saturated carbocycles. The van der Waals surface area contributed by atoms with E-state index in [1.54, 1.807) is 25.7 Å². The maximum Gasteiger partial charge on any atom is 0.408 e. The van der Waals surface area contributed by atoms with Crippen molar-refractivity contribution in [3.63, 3.8) is 0 Å². The maximum atomic E-state index is 14.6. The van der Waals surface area contributed by atoms with E-state index in [0.717, 1.165) is 47.2 Å². The number of para-hydroxylation sites is 1. The van der Waals surface area contributed by atoms with Crippen molar-refractivity contribution >= 4 is 23.6 Å². The van der Waals surface area contributed by atoms with Crippen LogP contribution in [0.25, 0.3) is 0 Å². The molecule has 2 unspecified atom stereocenters. The zero-order valence-corrected chi connectivity index (χ0v) is 27.4. The molecule has 236 valence electrons. The number of rotatable bonds is 13. The molecule has 0 heterocycles. The Labute approximate surface area is 263 Å². The first kappa shape index (κ1) is 34.4. The van der Waals surface area contributed by atoms with Crippen molar-refractivity contribution in [2.24, 2.45) is 0 Å². The quantitative estimate of drug-likeness (QED) is 0.197. The van der Waals surface area contributed by atoms with Crippen LogP contribution in [0, 0.1) is 13.8 Å². The Hall–Kier alpha value is -4.13. The number of anilines is 1. The minimum atomic E-state index is -0.945. The predicted molar refractivity (Wildman–Crippen MR) is 178 cm³/mol. The average molecular weight is 600 g/mol. The summed E-state index contributed by atoms with van der Waals surface area (Å²) < 4.78 is 5.56. The third kappa shape index (κ3) is 9.97. The van der Waals surface area contributed by atoms with Gasteiger partial charge in [-0.2, -0.15) is 0 Å². The fraction of sp³-hybridized carbons (Fsp3) is 0.432. The van der Waals surface area contributed by atoms with Crippen molar-refractivity contribution in [3.05, 3.63) is 101 Å². The van der Waals surface area contributed by atoms with E-state index >= 15 is 0 Å². The second kappa shape index (κ2) is 16.1. The normalized spacial score (nSPS) is 12.6. The van der Waals surface area contributed by atoms with Crippen LogP contribution in [0.4, 0.5) is 10.5 Å². The first-order valence-corrected chi connectivity index (χ1v) is 15.7. The second-order valence-corrected chi connectivity index (χ2v) is 12.4. The van der Waals surface area contributed by atoms with Crippen LogP contribution in [0.1, 0.15) is 87.7 Å². The van der Waals surface area contributed by atoms with Crippen molar-refractivity contribution in [2.45, 2.75) is 98.3 Å². The number of nitrogens with zero attached hydrogens (tertiary/aromatic N) is 1. The molecule has 0 aromatic heterocycles. The number of carbonyl (C=O) groups excluding carboxylic acids is 3. The lowest BCUT2D eigenvalue weighted by Gasteiger charge is -2.35. The summed E-state index contributed by atoms with van der Waals surface area (Å²) in [4.78, 5) is 43.6. The van der Waals surface area contributed by atoms with Crippen molar-refractivity contribution in [3.8, 4) is 0 Å². The summed E-state index contributed by atoms with van der Waals surface area (Å²) in [5.74, 6) is -0.635. The molecule has 0 radical (unpaired) electrons. The van der Waals surface area contributed by atoms with E-state index in [4.69, 9.17) is 4.74 Å². The highest BCUT2D eigenvalue weighted by Gasteiger charge is 2.36. The summed E-state index contributed by atoms with van der Waals surface area (Å²) in [7, 11) is 0. The van der Waals surface area contributed by atoms with Crippen LogP contribution in [0.15, 0.2) is 72.8 Å². The molecule has 0 spiro atoms. The lowest BCUT2D eigenvalue weighted by atomic mass is 9.98. The van der Waals surface area contributed by atoms with Gasteiger partial charge in [-0.25, -0.2) is 4.79 Å². The Kier molecular flexibility index (Phi) is 12.6. The zero-order chi connectivity index (χ0) is 32.3. The summed E-state index contributed by atoms with van der Waals surface area (Å²) >= 11 is 0. The summed E-state index contributed by atoms with van der Waals surface area (Å²) in [6, 6.07) is 21.4. The van der Waals surface area contributed by atoms with Crippen LogP contribution in [0.5, 0.6) is 0 Å². The zero-order valence-electron chi connectivity index (χ0n) is 27.4. The van der Waals surface area contributed by atoms with E-state index in [9.17, 15) is 14.4 Å². The van der Waals surface area contributed by atoms with Gasteiger partial charge in [0.05, 0.1) is 0 Å². The third-order valence-electron chi connectivity index (χ3n) is 7.55. The first-order chi connectivity index (χ1) is 20.9. The number of hydrogen-bond donors (Lipinski definition) is 2. The largest absolute Gasteiger partial charge is 0.444 e. The maximum absolute atomic E-state index is 14.6. The van der Waals surface area contributed by atoms with Gasteiger partial charge in [0.15, 0.2) is 0 Å². The Bertz CT molecular complexity index is 1360.